The lowest BCUT2D eigenvalue weighted by molar-refractivity contribution is -0.136. The Balaban J connectivity index is 1.83. The summed E-state index contributed by atoms with van der Waals surface area (Å²) in [5.74, 6) is -1.76. The number of amides is 2. The molecule has 0 bridgehead atoms. The molecule has 1 N–H and O–H groups in total. The number of anilines is 1. The predicted molar refractivity (Wildman–Crippen MR) is 101 cm³/mol. The van der Waals surface area contributed by atoms with Crippen molar-refractivity contribution in [3.63, 3.8) is 0 Å². The summed E-state index contributed by atoms with van der Waals surface area (Å²) in [7, 11) is 2.92. The normalized spacial score (nSPS) is 10.1. The number of methoxy groups -OCH3 is 1. The summed E-state index contributed by atoms with van der Waals surface area (Å²) >= 11 is 0. The fraction of sp³-hybridized carbons (Fsp3) is 0.250. The Morgan fingerprint density at radius 2 is 1.89 bits per heavy atom. The predicted octanol–water partition coefficient (Wildman–Crippen LogP) is 2.40. The summed E-state index contributed by atoms with van der Waals surface area (Å²) in [6.45, 7) is 0.781. The van der Waals surface area contributed by atoms with Crippen LogP contribution in [0.5, 0.6) is 5.75 Å². The summed E-state index contributed by atoms with van der Waals surface area (Å²) in [5.41, 5.74) is 0.932. The number of hydrogen-bond acceptors (Lipinski definition) is 5. The van der Waals surface area contributed by atoms with Crippen molar-refractivity contribution in [2.45, 2.75) is 6.92 Å². The molecule has 0 fully saturated rings. The van der Waals surface area contributed by atoms with Gasteiger partial charge < -0.3 is 19.7 Å². The Hall–Kier alpha value is -3.42. The number of nitrogens with one attached hydrogen (secondary N) is 1. The van der Waals surface area contributed by atoms with Crippen LogP contribution < -0.4 is 10.1 Å². The summed E-state index contributed by atoms with van der Waals surface area (Å²) in [4.78, 5) is 37.2. The number of halogens is 1. The van der Waals surface area contributed by atoms with Gasteiger partial charge in [0.05, 0.1) is 19.2 Å². The lowest BCUT2D eigenvalue weighted by atomic mass is 10.1. The molecule has 0 aliphatic rings. The highest BCUT2D eigenvalue weighted by Gasteiger charge is 2.17. The summed E-state index contributed by atoms with van der Waals surface area (Å²) < 4.78 is 23.5. The van der Waals surface area contributed by atoms with Crippen molar-refractivity contribution in [2.75, 3.05) is 32.6 Å². The zero-order valence-electron chi connectivity index (χ0n) is 15.8. The Bertz CT molecular complexity index is 885. The molecule has 0 saturated heterocycles. The molecular formula is C20H21FN2O5. The van der Waals surface area contributed by atoms with Gasteiger partial charge in [0.1, 0.15) is 11.6 Å². The minimum atomic E-state index is -0.818. The third kappa shape index (κ3) is 5.80. The van der Waals surface area contributed by atoms with Gasteiger partial charge in [-0.15, -0.1) is 0 Å². The van der Waals surface area contributed by atoms with Crippen molar-refractivity contribution < 1.29 is 28.2 Å². The number of carbonyl (C=O) groups is 3. The zero-order valence-corrected chi connectivity index (χ0v) is 15.8. The van der Waals surface area contributed by atoms with Crippen molar-refractivity contribution in [2.24, 2.45) is 0 Å². The summed E-state index contributed by atoms with van der Waals surface area (Å²) in [6.07, 6.45) is 0. The number of ether oxygens (including phenoxy) is 2. The van der Waals surface area contributed by atoms with Gasteiger partial charge in [-0.05, 0) is 36.8 Å². The number of esters is 1. The molecule has 0 aliphatic carbocycles. The summed E-state index contributed by atoms with van der Waals surface area (Å²) in [6, 6.07) is 10.7. The van der Waals surface area contributed by atoms with E-state index in [9.17, 15) is 18.8 Å². The average molecular weight is 388 g/mol. The van der Waals surface area contributed by atoms with Crippen LogP contribution in [0.25, 0.3) is 0 Å². The lowest BCUT2D eigenvalue weighted by Crippen LogP contribution is -2.37. The fourth-order valence-electron chi connectivity index (χ4n) is 2.25. The van der Waals surface area contributed by atoms with E-state index in [1.807, 2.05) is 0 Å². The number of hydrogen-bond donors (Lipinski definition) is 1. The Labute approximate surface area is 162 Å². The molecule has 2 rings (SSSR count). The maximum absolute atomic E-state index is 13.5. The fourth-order valence-corrected chi connectivity index (χ4v) is 2.25. The molecule has 0 aromatic heterocycles. The Kier molecular flexibility index (Phi) is 7.08. The Morgan fingerprint density at radius 1 is 1.14 bits per heavy atom. The van der Waals surface area contributed by atoms with E-state index in [0.717, 1.165) is 11.0 Å². The second-order valence-corrected chi connectivity index (χ2v) is 6.07. The quantitative estimate of drug-likeness (QED) is 0.737. The third-order valence-electron chi connectivity index (χ3n) is 3.89. The molecule has 28 heavy (non-hydrogen) atoms. The number of benzene rings is 2. The van der Waals surface area contributed by atoms with Crippen LogP contribution in [-0.2, 0) is 14.3 Å². The van der Waals surface area contributed by atoms with Gasteiger partial charge in [0.15, 0.2) is 6.61 Å². The molecule has 0 radical (unpaired) electrons. The molecule has 0 atom stereocenters. The molecule has 2 aromatic carbocycles. The maximum atomic E-state index is 13.5. The second-order valence-electron chi connectivity index (χ2n) is 6.07. The molecule has 2 aromatic rings. The maximum Gasteiger partial charge on any atom is 0.338 e. The van der Waals surface area contributed by atoms with Crippen LogP contribution in [0.4, 0.5) is 10.1 Å². The molecule has 2 amide bonds. The molecule has 148 valence electrons. The van der Waals surface area contributed by atoms with Crippen molar-refractivity contribution in [3.8, 4) is 5.75 Å². The van der Waals surface area contributed by atoms with E-state index in [-0.39, 0.29) is 12.1 Å². The molecule has 8 heteroatoms. The van der Waals surface area contributed by atoms with Gasteiger partial charge in [-0.25, -0.2) is 9.18 Å². The number of aryl methyl sites for hydroxylation is 1. The Morgan fingerprint density at radius 3 is 2.57 bits per heavy atom. The zero-order chi connectivity index (χ0) is 20.7. The number of likely N-dealkylation sites (N-methyl/N-ethyl adjacent to an activating group) is 1. The highest BCUT2D eigenvalue weighted by molar-refractivity contribution is 5.95. The van der Waals surface area contributed by atoms with E-state index in [2.05, 4.69) is 5.32 Å². The van der Waals surface area contributed by atoms with Crippen LogP contribution in [0.2, 0.25) is 0 Å². The van der Waals surface area contributed by atoms with E-state index in [4.69, 9.17) is 9.47 Å². The molecule has 0 aliphatic heterocycles. The van der Waals surface area contributed by atoms with E-state index in [1.54, 1.807) is 31.2 Å². The van der Waals surface area contributed by atoms with Crippen LogP contribution in [0.15, 0.2) is 42.5 Å². The first-order valence-corrected chi connectivity index (χ1v) is 8.41. The standard InChI is InChI=1S/C20H21FN2O5/c1-13-7-8-14(9-17(13)21)20(26)28-12-19(25)23(2)11-18(24)22-15-5-4-6-16(10-15)27-3/h4-10H,11-12H2,1-3H3,(H,22,24). The number of nitrogens with zero attached hydrogens (tertiary/aromatic N) is 1. The van der Waals surface area contributed by atoms with Crippen LogP contribution in [0, 0.1) is 12.7 Å². The van der Waals surface area contributed by atoms with Crippen LogP contribution in [-0.4, -0.2) is 50.0 Å². The van der Waals surface area contributed by atoms with Crippen molar-refractivity contribution in [1.82, 2.24) is 4.90 Å². The first-order valence-electron chi connectivity index (χ1n) is 8.41. The highest BCUT2D eigenvalue weighted by atomic mass is 19.1. The van der Waals surface area contributed by atoms with Crippen molar-refractivity contribution in [3.05, 3.63) is 59.4 Å². The average Bonchev–Trinajstić information content (AvgIpc) is 2.67. The van der Waals surface area contributed by atoms with Gasteiger partial charge in [0, 0.05) is 18.8 Å². The first-order chi connectivity index (χ1) is 13.3. The highest BCUT2D eigenvalue weighted by Crippen LogP contribution is 2.16. The third-order valence-corrected chi connectivity index (χ3v) is 3.89. The van der Waals surface area contributed by atoms with E-state index in [1.165, 1.54) is 26.3 Å². The molecule has 0 unspecified atom stereocenters. The van der Waals surface area contributed by atoms with E-state index in [0.29, 0.717) is 17.0 Å². The van der Waals surface area contributed by atoms with Gasteiger partial charge in [-0.2, -0.15) is 0 Å². The second kappa shape index (κ2) is 9.50. The van der Waals surface area contributed by atoms with Crippen molar-refractivity contribution in [1.29, 1.82) is 0 Å². The van der Waals surface area contributed by atoms with Gasteiger partial charge in [0.2, 0.25) is 5.91 Å². The number of rotatable bonds is 7. The number of carbonyl (C=O) groups excluding carboxylic acids is 3. The van der Waals surface area contributed by atoms with Crippen LogP contribution in [0.1, 0.15) is 15.9 Å². The van der Waals surface area contributed by atoms with Gasteiger partial charge in [0.25, 0.3) is 5.91 Å². The van der Waals surface area contributed by atoms with Gasteiger partial charge >= 0.3 is 5.97 Å². The molecule has 0 heterocycles. The molecule has 7 nitrogen and oxygen atoms in total. The topological polar surface area (TPSA) is 84.9 Å². The van der Waals surface area contributed by atoms with Gasteiger partial charge in [-0.1, -0.05) is 12.1 Å². The minimum absolute atomic E-state index is 0.00863. The van der Waals surface area contributed by atoms with Crippen LogP contribution >= 0.6 is 0 Å². The SMILES string of the molecule is COc1cccc(NC(=O)CN(C)C(=O)COC(=O)c2ccc(C)c(F)c2)c1. The largest absolute Gasteiger partial charge is 0.497 e. The lowest BCUT2D eigenvalue weighted by Gasteiger charge is -2.17. The van der Waals surface area contributed by atoms with Gasteiger partial charge in [-0.3, -0.25) is 9.59 Å². The minimum Gasteiger partial charge on any atom is -0.497 e. The summed E-state index contributed by atoms with van der Waals surface area (Å²) in [5, 5.41) is 2.64. The van der Waals surface area contributed by atoms with E-state index < -0.39 is 30.2 Å². The van der Waals surface area contributed by atoms with E-state index >= 15 is 0 Å². The first kappa shape index (κ1) is 20.9. The molecular weight excluding hydrogens is 367 g/mol. The monoisotopic (exact) mass is 388 g/mol. The molecule has 0 saturated carbocycles. The molecule has 0 spiro atoms. The smallest absolute Gasteiger partial charge is 0.338 e. The van der Waals surface area contributed by atoms with Crippen LogP contribution in [0.3, 0.4) is 0 Å². The van der Waals surface area contributed by atoms with Crippen molar-refractivity contribution >= 4 is 23.5 Å².